The van der Waals surface area contributed by atoms with Gasteiger partial charge in [-0.05, 0) is 24.3 Å². The summed E-state index contributed by atoms with van der Waals surface area (Å²) < 4.78 is 0. The second kappa shape index (κ2) is 7.63. The van der Waals surface area contributed by atoms with Gasteiger partial charge in [-0.2, -0.15) is 0 Å². The molecule has 78 valence electrons. The lowest BCUT2D eigenvalue weighted by molar-refractivity contribution is 0.108. The lowest BCUT2D eigenvalue weighted by Crippen LogP contribution is -1.92. The first-order chi connectivity index (χ1) is 6.77. The Morgan fingerprint density at radius 1 is 1.36 bits per heavy atom. The van der Waals surface area contributed by atoms with Crippen LogP contribution in [0.4, 0.5) is 0 Å². The Morgan fingerprint density at radius 3 is 2.50 bits per heavy atom. The smallest absolute Gasteiger partial charge is 0.219 e. The van der Waals surface area contributed by atoms with Crippen molar-refractivity contribution in [2.45, 2.75) is 27.2 Å². The minimum atomic E-state index is 0.144. The zero-order valence-electron chi connectivity index (χ0n) is 9.33. The molecule has 0 N–H and O–H groups in total. The van der Waals surface area contributed by atoms with Crippen LogP contribution < -0.4 is 0 Å². The van der Waals surface area contributed by atoms with Gasteiger partial charge in [0.1, 0.15) is 0 Å². The van der Waals surface area contributed by atoms with E-state index in [1.807, 2.05) is 38.1 Å². The molecule has 0 aliphatic rings. The molecule has 0 saturated carbocycles. The molecule has 1 aromatic carbocycles. The number of rotatable bonds is 2. The minimum absolute atomic E-state index is 0.144. The van der Waals surface area contributed by atoms with E-state index in [-0.39, 0.29) is 5.12 Å². The fourth-order valence-corrected chi connectivity index (χ4v) is 1.40. The minimum Gasteiger partial charge on any atom is -0.282 e. The van der Waals surface area contributed by atoms with Crippen LogP contribution in [-0.2, 0) is 6.42 Å². The summed E-state index contributed by atoms with van der Waals surface area (Å²) in [4.78, 5) is 11.2. The van der Waals surface area contributed by atoms with Gasteiger partial charge >= 0.3 is 0 Å². The first-order valence-electron chi connectivity index (χ1n) is 4.95. The molecule has 0 atom stereocenters. The monoisotopic (exact) mass is 210 g/mol. The number of hydrogen-bond donors (Lipinski definition) is 0. The molecule has 1 nitrogen and oxygen atoms in total. The normalized spacial score (nSPS) is 8.86. The van der Waals surface area contributed by atoms with Gasteiger partial charge in [0, 0.05) is 5.56 Å². The first-order valence-corrected chi connectivity index (χ1v) is 6.17. The fourth-order valence-electron chi connectivity index (χ4n) is 1.04. The summed E-state index contributed by atoms with van der Waals surface area (Å²) in [6, 6.07) is 7.79. The third kappa shape index (κ3) is 3.97. The molecule has 0 amide bonds. The van der Waals surface area contributed by atoms with Crippen molar-refractivity contribution in [3.05, 3.63) is 35.4 Å². The van der Waals surface area contributed by atoms with Gasteiger partial charge in [0.15, 0.2) is 0 Å². The van der Waals surface area contributed by atoms with Crippen molar-refractivity contribution in [2.24, 2.45) is 0 Å². The average Bonchev–Trinajstić information content (AvgIpc) is 2.30. The molecular formula is C12H18OS. The maximum absolute atomic E-state index is 11.2. The summed E-state index contributed by atoms with van der Waals surface area (Å²) in [6.45, 7) is 6.09. The van der Waals surface area contributed by atoms with E-state index in [4.69, 9.17) is 0 Å². The topological polar surface area (TPSA) is 17.1 Å². The predicted molar refractivity (Wildman–Crippen MR) is 65.0 cm³/mol. The summed E-state index contributed by atoms with van der Waals surface area (Å²) in [5.74, 6) is 0. The van der Waals surface area contributed by atoms with E-state index < -0.39 is 0 Å². The number of carbonyl (C=O) groups excluding carboxylic acids is 1. The van der Waals surface area contributed by atoms with Gasteiger partial charge in [-0.25, -0.2) is 0 Å². The lowest BCUT2D eigenvalue weighted by Gasteiger charge is -1.99. The highest BCUT2D eigenvalue weighted by Gasteiger charge is 2.02. The Labute approximate surface area is 90.9 Å². The number of hydrogen-bond acceptors (Lipinski definition) is 2. The van der Waals surface area contributed by atoms with Gasteiger partial charge in [0.05, 0.1) is 0 Å². The second-order valence-corrected chi connectivity index (χ2v) is 3.32. The molecule has 0 fully saturated rings. The van der Waals surface area contributed by atoms with Crippen LogP contribution in [0.3, 0.4) is 0 Å². The van der Waals surface area contributed by atoms with Crippen LogP contribution in [0.25, 0.3) is 0 Å². The highest BCUT2D eigenvalue weighted by molar-refractivity contribution is 8.13. The maximum Gasteiger partial charge on any atom is 0.219 e. The average molecular weight is 210 g/mol. The molecule has 0 aliphatic heterocycles. The van der Waals surface area contributed by atoms with Crippen molar-refractivity contribution in [3.63, 3.8) is 0 Å². The molecule has 0 unspecified atom stereocenters. The third-order valence-electron chi connectivity index (χ3n) is 1.76. The zero-order chi connectivity index (χ0) is 11.0. The summed E-state index contributed by atoms with van der Waals surface area (Å²) in [5, 5.41) is 0.144. The maximum atomic E-state index is 11.2. The van der Waals surface area contributed by atoms with Crippen molar-refractivity contribution < 1.29 is 4.79 Å². The Balaban J connectivity index is 0.000000791. The lowest BCUT2D eigenvalue weighted by atomic mass is 10.1. The van der Waals surface area contributed by atoms with Crippen LogP contribution in [0, 0.1) is 0 Å². The molecular weight excluding hydrogens is 192 g/mol. The zero-order valence-corrected chi connectivity index (χ0v) is 10.1. The molecule has 1 rings (SSSR count). The molecule has 0 aliphatic carbocycles. The molecule has 0 heterocycles. The van der Waals surface area contributed by atoms with Gasteiger partial charge < -0.3 is 0 Å². The van der Waals surface area contributed by atoms with Crippen LogP contribution in [0.2, 0.25) is 0 Å². The molecule has 0 bridgehead atoms. The SMILES string of the molecule is CC.CCc1cccc(C(=O)SC)c1. The predicted octanol–water partition coefficient (Wildman–Crippen LogP) is 3.78. The summed E-state index contributed by atoms with van der Waals surface area (Å²) in [6.07, 6.45) is 2.79. The van der Waals surface area contributed by atoms with Crippen molar-refractivity contribution >= 4 is 16.9 Å². The largest absolute Gasteiger partial charge is 0.282 e. The Kier molecular flexibility index (Phi) is 7.21. The van der Waals surface area contributed by atoms with Gasteiger partial charge in [0.25, 0.3) is 0 Å². The van der Waals surface area contributed by atoms with Gasteiger partial charge in [-0.1, -0.05) is 50.7 Å². The van der Waals surface area contributed by atoms with E-state index in [1.165, 1.54) is 17.3 Å². The molecule has 0 saturated heterocycles. The van der Waals surface area contributed by atoms with Crippen LogP contribution in [0.1, 0.15) is 36.7 Å². The van der Waals surface area contributed by atoms with Crippen LogP contribution in [0.5, 0.6) is 0 Å². The number of benzene rings is 1. The van der Waals surface area contributed by atoms with Crippen molar-refractivity contribution in [2.75, 3.05) is 6.26 Å². The van der Waals surface area contributed by atoms with Crippen molar-refractivity contribution in [3.8, 4) is 0 Å². The van der Waals surface area contributed by atoms with E-state index in [9.17, 15) is 4.79 Å². The Hall–Kier alpha value is -0.760. The highest BCUT2D eigenvalue weighted by atomic mass is 32.2. The van der Waals surface area contributed by atoms with Gasteiger partial charge in [-0.15, -0.1) is 0 Å². The standard InChI is InChI=1S/C10H12OS.C2H6/c1-3-8-5-4-6-9(7-8)10(11)12-2;1-2/h4-7H,3H2,1-2H3;1-2H3. The number of carbonyl (C=O) groups is 1. The fraction of sp³-hybridized carbons (Fsp3) is 0.417. The van der Waals surface area contributed by atoms with Crippen molar-refractivity contribution in [1.82, 2.24) is 0 Å². The van der Waals surface area contributed by atoms with E-state index >= 15 is 0 Å². The molecule has 0 aromatic heterocycles. The molecule has 14 heavy (non-hydrogen) atoms. The number of aryl methyl sites for hydroxylation is 1. The van der Waals surface area contributed by atoms with E-state index in [2.05, 4.69) is 6.92 Å². The molecule has 0 radical (unpaired) electrons. The van der Waals surface area contributed by atoms with Gasteiger partial charge in [0.2, 0.25) is 5.12 Å². The van der Waals surface area contributed by atoms with E-state index in [1.54, 1.807) is 6.26 Å². The van der Waals surface area contributed by atoms with Crippen molar-refractivity contribution in [1.29, 1.82) is 0 Å². The van der Waals surface area contributed by atoms with Gasteiger partial charge in [-0.3, -0.25) is 4.79 Å². The molecule has 1 aromatic rings. The summed E-state index contributed by atoms with van der Waals surface area (Å²) >= 11 is 1.26. The highest BCUT2D eigenvalue weighted by Crippen LogP contribution is 2.11. The first kappa shape index (κ1) is 13.2. The molecule has 0 spiro atoms. The molecule has 2 heteroatoms. The van der Waals surface area contributed by atoms with E-state index in [0.717, 1.165) is 12.0 Å². The second-order valence-electron chi connectivity index (χ2n) is 2.55. The summed E-state index contributed by atoms with van der Waals surface area (Å²) in [7, 11) is 0. The third-order valence-corrected chi connectivity index (χ3v) is 2.36. The van der Waals surface area contributed by atoms with Crippen LogP contribution >= 0.6 is 11.8 Å². The Morgan fingerprint density at radius 2 is 2.00 bits per heavy atom. The number of thioether (sulfide) groups is 1. The van der Waals surface area contributed by atoms with Crippen LogP contribution in [0.15, 0.2) is 24.3 Å². The summed E-state index contributed by atoms with van der Waals surface area (Å²) in [5.41, 5.74) is 2.02. The van der Waals surface area contributed by atoms with Crippen LogP contribution in [-0.4, -0.2) is 11.4 Å². The quantitative estimate of drug-likeness (QED) is 0.739. The van der Waals surface area contributed by atoms with E-state index in [0.29, 0.717) is 0 Å². The Bertz CT molecular complexity index is 281.